The molecular weight excluding hydrogens is 114 g/mol. The minimum absolute atomic E-state index is 0.00403. The van der Waals surface area contributed by atoms with Gasteiger partial charge < -0.3 is 5.73 Å². The van der Waals surface area contributed by atoms with Crippen LogP contribution in [-0.4, -0.2) is 11.8 Å². The molecule has 0 saturated carbocycles. The lowest BCUT2D eigenvalue weighted by Crippen LogP contribution is -2.25. The molecule has 50 valence electrons. The molecule has 9 heavy (non-hydrogen) atoms. The highest BCUT2D eigenvalue weighted by Gasteiger charge is 2.03. The third-order valence-electron chi connectivity index (χ3n) is 0.947. The van der Waals surface area contributed by atoms with E-state index in [9.17, 15) is 4.79 Å². The highest BCUT2D eigenvalue weighted by Crippen LogP contribution is 1.84. The van der Waals surface area contributed by atoms with Crippen molar-refractivity contribution < 1.29 is 4.79 Å². The normalized spacial score (nSPS) is 11.4. The SMILES string of the molecule is CC#CCC(=O)C(C)N. The van der Waals surface area contributed by atoms with Gasteiger partial charge >= 0.3 is 0 Å². The summed E-state index contributed by atoms with van der Waals surface area (Å²) in [6.07, 6.45) is 0.286. The molecule has 2 N–H and O–H groups in total. The van der Waals surface area contributed by atoms with Crippen molar-refractivity contribution in [1.29, 1.82) is 0 Å². The van der Waals surface area contributed by atoms with Gasteiger partial charge in [0, 0.05) is 0 Å². The van der Waals surface area contributed by atoms with E-state index in [0.29, 0.717) is 0 Å². The monoisotopic (exact) mass is 125 g/mol. The molecule has 0 saturated heterocycles. The van der Waals surface area contributed by atoms with Crippen LogP contribution in [0.2, 0.25) is 0 Å². The van der Waals surface area contributed by atoms with Crippen molar-refractivity contribution in [2.45, 2.75) is 26.3 Å². The van der Waals surface area contributed by atoms with Crippen molar-refractivity contribution in [3.63, 3.8) is 0 Å². The second-order valence-corrected chi connectivity index (χ2v) is 1.86. The summed E-state index contributed by atoms with van der Waals surface area (Å²) in [6, 6.07) is -0.370. The van der Waals surface area contributed by atoms with Gasteiger partial charge in [0.15, 0.2) is 5.78 Å². The smallest absolute Gasteiger partial charge is 0.161 e. The number of ketones is 1. The molecule has 0 spiro atoms. The molecule has 0 fully saturated rings. The van der Waals surface area contributed by atoms with Gasteiger partial charge in [-0.3, -0.25) is 4.79 Å². The van der Waals surface area contributed by atoms with E-state index in [-0.39, 0.29) is 18.2 Å². The number of hydrogen-bond acceptors (Lipinski definition) is 2. The Morgan fingerprint density at radius 2 is 2.33 bits per heavy atom. The maximum atomic E-state index is 10.7. The summed E-state index contributed by atoms with van der Waals surface area (Å²) < 4.78 is 0. The molecule has 0 aliphatic heterocycles. The van der Waals surface area contributed by atoms with E-state index in [2.05, 4.69) is 11.8 Å². The Kier molecular flexibility index (Phi) is 3.74. The van der Waals surface area contributed by atoms with Crippen molar-refractivity contribution >= 4 is 5.78 Å². The summed E-state index contributed by atoms with van der Waals surface area (Å²) in [5.74, 6) is 5.28. The van der Waals surface area contributed by atoms with Gasteiger partial charge in [-0.1, -0.05) is 5.92 Å². The van der Waals surface area contributed by atoms with Gasteiger partial charge in [-0.2, -0.15) is 0 Å². The Hall–Kier alpha value is -0.810. The van der Waals surface area contributed by atoms with Gasteiger partial charge in [-0.05, 0) is 13.8 Å². The first-order chi connectivity index (χ1) is 4.18. The summed E-state index contributed by atoms with van der Waals surface area (Å²) in [7, 11) is 0. The van der Waals surface area contributed by atoms with Crippen molar-refractivity contribution in [3.05, 3.63) is 0 Å². The van der Waals surface area contributed by atoms with Gasteiger partial charge in [-0.25, -0.2) is 0 Å². The number of hydrogen-bond donors (Lipinski definition) is 1. The first kappa shape index (κ1) is 8.19. The Balaban J connectivity index is 3.60. The maximum Gasteiger partial charge on any atom is 0.161 e. The highest BCUT2D eigenvalue weighted by atomic mass is 16.1. The number of rotatable bonds is 2. The second-order valence-electron chi connectivity index (χ2n) is 1.86. The Morgan fingerprint density at radius 1 is 1.78 bits per heavy atom. The molecule has 0 rings (SSSR count). The van der Waals surface area contributed by atoms with Crippen molar-refractivity contribution in [2.75, 3.05) is 0 Å². The molecular formula is C7H11NO. The lowest BCUT2D eigenvalue weighted by molar-refractivity contribution is -0.118. The second kappa shape index (κ2) is 4.11. The largest absolute Gasteiger partial charge is 0.322 e. The van der Waals surface area contributed by atoms with Gasteiger partial charge in [0.2, 0.25) is 0 Å². The van der Waals surface area contributed by atoms with Crippen molar-refractivity contribution in [2.24, 2.45) is 5.73 Å². The van der Waals surface area contributed by atoms with Crippen LogP contribution in [0.15, 0.2) is 0 Å². The zero-order valence-electron chi connectivity index (χ0n) is 5.77. The van der Waals surface area contributed by atoms with E-state index >= 15 is 0 Å². The van der Waals surface area contributed by atoms with Gasteiger partial charge in [0.05, 0.1) is 12.5 Å². The maximum absolute atomic E-state index is 10.7. The van der Waals surface area contributed by atoms with E-state index < -0.39 is 0 Å². The van der Waals surface area contributed by atoms with E-state index in [1.807, 2.05) is 0 Å². The van der Waals surface area contributed by atoms with Crippen LogP contribution in [0.1, 0.15) is 20.3 Å². The number of carbonyl (C=O) groups is 1. The summed E-state index contributed by atoms with van der Waals surface area (Å²) in [4.78, 5) is 10.7. The Bertz CT molecular complexity index is 150. The zero-order chi connectivity index (χ0) is 7.28. The highest BCUT2D eigenvalue weighted by molar-refractivity contribution is 5.85. The van der Waals surface area contributed by atoms with Crippen molar-refractivity contribution in [3.8, 4) is 11.8 Å². The first-order valence-electron chi connectivity index (χ1n) is 2.86. The van der Waals surface area contributed by atoms with Crippen LogP contribution in [0.4, 0.5) is 0 Å². The standard InChI is InChI=1S/C7H11NO/c1-3-4-5-7(9)6(2)8/h6H,5,8H2,1-2H3. The number of Topliss-reactive ketones (excluding diaryl/α,β-unsaturated/α-hetero) is 1. The van der Waals surface area contributed by atoms with Crippen LogP contribution in [-0.2, 0) is 4.79 Å². The fourth-order valence-electron chi connectivity index (χ4n) is 0.336. The third kappa shape index (κ3) is 3.75. The fourth-order valence-corrected chi connectivity index (χ4v) is 0.336. The van der Waals surface area contributed by atoms with Crippen molar-refractivity contribution in [1.82, 2.24) is 0 Å². The minimum Gasteiger partial charge on any atom is -0.322 e. The van der Waals surface area contributed by atoms with Gasteiger partial charge in [0.25, 0.3) is 0 Å². The van der Waals surface area contributed by atoms with Crippen LogP contribution in [0.5, 0.6) is 0 Å². The van der Waals surface area contributed by atoms with Crippen LogP contribution < -0.4 is 5.73 Å². The average Bonchev–Trinajstić information content (AvgIpc) is 1.82. The minimum atomic E-state index is -0.370. The van der Waals surface area contributed by atoms with E-state index in [0.717, 1.165) is 0 Å². The van der Waals surface area contributed by atoms with Crippen LogP contribution in [0, 0.1) is 11.8 Å². The molecule has 0 aliphatic carbocycles. The molecule has 0 aliphatic rings. The van der Waals surface area contributed by atoms with E-state index in [1.165, 1.54) is 0 Å². The number of carbonyl (C=O) groups excluding carboxylic acids is 1. The quantitative estimate of drug-likeness (QED) is 0.540. The summed E-state index contributed by atoms with van der Waals surface area (Å²) in [5, 5.41) is 0. The van der Waals surface area contributed by atoms with Gasteiger partial charge in [-0.15, -0.1) is 5.92 Å². The molecule has 0 amide bonds. The fraction of sp³-hybridized carbons (Fsp3) is 0.571. The van der Waals surface area contributed by atoms with Gasteiger partial charge in [0.1, 0.15) is 0 Å². The molecule has 0 aromatic heterocycles. The predicted octanol–water partition coefficient (Wildman–Crippen LogP) is 0.316. The molecule has 0 aromatic carbocycles. The van der Waals surface area contributed by atoms with E-state index in [1.54, 1.807) is 13.8 Å². The Labute approximate surface area is 55.4 Å². The lowest BCUT2D eigenvalue weighted by Gasteiger charge is -1.96. The molecule has 0 heterocycles. The van der Waals surface area contributed by atoms with Crippen LogP contribution >= 0.6 is 0 Å². The molecule has 1 unspecified atom stereocenters. The van der Waals surface area contributed by atoms with Crippen LogP contribution in [0.3, 0.4) is 0 Å². The number of nitrogens with two attached hydrogens (primary N) is 1. The predicted molar refractivity (Wildman–Crippen MR) is 36.7 cm³/mol. The molecule has 0 radical (unpaired) electrons. The topological polar surface area (TPSA) is 43.1 Å². The summed E-state index contributed by atoms with van der Waals surface area (Å²) >= 11 is 0. The molecule has 1 atom stereocenters. The van der Waals surface area contributed by atoms with E-state index in [4.69, 9.17) is 5.73 Å². The zero-order valence-corrected chi connectivity index (χ0v) is 5.77. The summed E-state index contributed by atoms with van der Waals surface area (Å²) in [6.45, 7) is 3.37. The molecule has 0 bridgehead atoms. The third-order valence-corrected chi connectivity index (χ3v) is 0.947. The lowest BCUT2D eigenvalue weighted by atomic mass is 10.2. The Morgan fingerprint density at radius 3 is 2.67 bits per heavy atom. The first-order valence-corrected chi connectivity index (χ1v) is 2.86. The molecule has 2 heteroatoms. The summed E-state index contributed by atoms with van der Waals surface area (Å²) in [5.41, 5.74) is 5.26. The average molecular weight is 125 g/mol. The van der Waals surface area contributed by atoms with Crippen LogP contribution in [0.25, 0.3) is 0 Å². The molecule has 0 aromatic rings. The molecule has 2 nitrogen and oxygen atoms in total.